The number of anilines is 1. The van der Waals surface area contributed by atoms with Gasteiger partial charge in [-0.15, -0.1) is 11.8 Å². The number of thioether (sulfide) groups is 1. The molecule has 0 heterocycles. The first-order chi connectivity index (χ1) is 10.9. The molecule has 1 amide bonds. The topological polar surface area (TPSA) is 72.2 Å². The summed E-state index contributed by atoms with van der Waals surface area (Å²) in [4.78, 5) is 23.0. The summed E-state index contributed by atoms with van der Waals surface area (Å²) in [5, 5.41) is 14.7. The van der Waals surface area contributed by atoms with Crippen molar-refractivity contribution in [2.24, 2.45) is 0 Å². The maximum Gasteiger partial charge on any atom is 0.292 e. The number of halogens is 3. The Balaban J connectivity index is 2.07. The summed E-state index contributed by atoms with van der Waals surface area (Å²) in [7, 11) is 0. The number of carbonyl (C=O) groups is 1. The summed E-state index contributed by atoms with van der Waals surface area (Å²) in [6.45, 7) is 0. The van der Waals surface area contributed by atoms with Gasteiger partial charge in [-0.05, 0) is 30.3 Å². The van der Waals surface area contributed by atoms with Crippen molar-refractivity contribution in [3.63, 3.8) is 0 Å². The highest BCUT2D eigenvalue weighted by atomic mass is 35.5. The molecule has 0 radical (unpaired) electrons. The minimum Gasteiger partial charge on any atom is -0.320 e. The molecule has 0 aliphatic heterocycles. The summed E-state index contributed by atoms with van der Waals surface area (Å²) in [6.07, 6.45) is 0. The Morgan fingerprint density at radius 2 is 1.78 bits per heavy atom. The third-order valence-corrected chi connectivity index (χ3v) is 4.65. The van der Waals surface area contributed by atoms with Gasteiger partial charge in [0, 0.05) is 21.0 Å². The van der Waals surface area contributed by atoms with E-state index in [2.05, 4.69) is 5.32 Å². The van der Waals surface area contributed by atoms with Gasteiger partial charge in [-0.2, -0.15) is 0 Å². The zero-order valence-electron chi connectivity index (χ0n) is 11.4. The van der Waals surface area contributed by atoms with E-state index >= 15 is 0 Å². The molecule has 120 valence electrons. The highest BCUT2D eigenvalue weighted by Gasteiger charge is 2.16. The first-order valence-electron chi connectivity index (χ1n) is 6.18. The van der Waals surface area contributed by atoms with Crippen molar-refractivity contribution < 1.29 is 9.72 Å². The Bertz CT molecular complexity index is 771. The molecule has 0 aliphatic carbocycles. The van der Waals surface area contributed by atoms with Gasteiger partial charge in [0.2, 0.25) is 5.91 Å². The average molecular weight is 392 g/mol. The van der Waals surface area contributed by atoms with Gasteiger partial charge in [0.1, 0.15) is 5.69 Å². The van der Waals surface area contributed by atoms with Crippen LogP contribution in [-0.2, 0) is 4.79 Å². The van der Waals surface area contributed by atoms with Crippen LogP contribution in [0.2, 0.25) is 15.1 Å². The summed E-state index contributed by atoms with van der Waals surface area (Å²) in [5.74, 6) is -0.402. The second-order valence-corrected chi connectivity index (χ2v) is 6.63. The maximum atomic E-state index is 12.0. The summed E-state index contributed by atoms with van der Waals surface area (Å²) < 4.78 is 0. The molecule has 1 N–H and O–H groups in total. The smallest absolute Gasteiger partial charge is 0.292 e. The number of rotatable bonds is 5. The first-order valence-corrected chi connectivity index (χ1v) is 8.30. The predicted molar refractivity (Wildman–Crippen MR) is 93.9 cm³/mol. The number of hydrogen-bond acceptors (Lipinski definition) is 4. The molecule has 0 saturated carbocycles. The quantitative estimate of drug-likeness (QED) is 0.427. The molecule has 0 aliphatic rings. The van der Waals surface area contributed by atoms with Crippen molar-refractivity contribution in [1.82, 2.24) is 0 Å². The predicted octanol–water partition coefficient (Wildman–Crippen LogP) is 5.29. The molecular weight excluding hydrogens is 383 g/mol. The summed E-state index contributed by atoms with van der Waals surface area (Å²) >= 11 is 18.9. The number of nitro groups is 1. The Hall–Kier alpha value is -1.47. The van der Waals surface area contributed by atoms with E-state index in [0.717, 1.165) is 0 Å². The average Bonchev–Trinajstić information content (AvgIpc) is 2.48. The first kappa shape index (κ1) is 17.9. The highest BCUT2D eigenvalue weighted by Crippen LogP contribution is 2.31. The van der Waals surface area contributed by atoms with Crippen molar-refractivity contribution >= 4 is 63.8 Å². The van der Waals surface area contributed by atoms with Gasteiger partial charge >= 0.3 is 0 Å². The zero-order chi connectivity index (χ0) is 17.0. The molecule has 0 aromatic heterocycles. The molecule has 0 saturated heterocycles. The van der Waals surface area contributed by atoms with Crippen LogP contribution < -0.4 is 5.32 Å². The molecule has 9 heteroatoms. The fourth-order valence-corrected chi connectivity index (χ4v) is 3.15. The van der Waals surface area contributed by atoms with E-state index in [1.165, 1.54) is 30.0 Å². The normalized spacial score (nSPS) is 10.4. The largest absolute Gasteiger partial charge is 0.320 e. The van der Waals surface area contributed by atoms with E-state index in [1.54, 1.807) is 18.2 Å². The number of nitrogens with zero attached hydrogens (tertiary/aromatic N) is 1. The van der Waals surface area contributed by atoms with Crippen molar-refractivity contribution in [1.29, 1.82) is 0 Å². The molecule has 0 unspecified atom stereocenters. The maximum absolute atomic E-state index is 12.0. The van der Waals surface area contributed by atoms with Crippen LogP contribution in [0.4, 0.5) is 11.4 Å². The lowest BCUT2D eigenvalue weighted by Crippen LogP contribution is -2.15. The minimum atomic E-state index is -0.590. The third-order valence-electron chi connectivity index (χ3n) is 2.68. The Morgan fingerprint density at radius 3 is 2.48 bits per heavy atom. The molecule has 0 spiro atoms. The molecule has 5 nitrogen and oxygen atoms in total. The zero-order valence-corrected chi connectivity index (χ0v) is 14.5. The number of benzene rings is 2. The monoisotopic (exact) mass is 390 g/mol. The molecule has 0 fully saturated rings. The summed E-state index contributed by atoms with van der Waals surface area (Å²) in [6, 6.07) is 8.86. The third kappa shape index (κ3) is 5.00. The van der Waals surface area contributed by atoms with Gasteiger partial charge in [-0.1, -0.05) is 34.8 Å². The van der Waals surface area contributed by atoms with Crippen LogP contribution >= 0.6 is 46.6 Å². The second kappa shape index (κ2) is 7.88. The lowest BCUT2D eigenvalue weighted by Gasteiger charge is -2.07. The van der Waals surface area contributed by atoms with Gasteiger partial charge in [-0.25, -0.2) is 0 Å². The van der Waals surface area contributed by atoms with E-state index in [1.807, 2.05) is 0 Å². The second-order valence-electron chi connectivity index (χ2n) is 4.33. The fourth-order valence-electron chi connectivity index (χ4n) is 1.68. The van der Waals surface area contributed by atoms with E-state index in [4.69, 9.17) is 34.8 Å². The lowest BCUT2D eigenvalue weighted by molar-refractivity contribution is -0.383. The minimum absolute atomic E-state index is 0.0176. The number of amides is 1. The van der Waals surface area contributed by atoms with Crippen LogP contribution in [0.25, 0.3) is 0 Å². The lowest BCUT2D eigenvalue weighted by atomic mass is 10.2. The van der Waals surface area contributed by atoms with Gasteiger partial charge < -0.3 is 5.32 Å². The van der Waals surface area contributed by atoms with Crippen LogP contribution in [-0.4, -0.2) is 16.6 Å². The Kier molecular flexibility index (Phi) is 6.12. The van der Waals surface area contributed by atoms with E-state index < -0.39 is 10.8 Å². The van der Waals surface area contributed by atoms with Crippen LogP contribution in [0.15, 0.2) is 41.3 Å². The number of hydrogen-bond donors (Lipinski definition) is 1. The van der Waals surface area contributed by atoms with Crippen molar-refractivity contribution in [2.45, 2.75) is 4.90 Å². The van der Waals surface area contributed by atoms with Crippen LogP contribution in [0.3, 0.4) is 0 Å². The molecular formula is C14H9Cl3N2O3S. The number of carbonyl (C=O) groups excluding carboxylic acids is 1. The van der Waals surface area contributed by atoms with Gasteiger partial charge in [0.05, 0.1) is 15.7 Å². The Morgan fingerprint density at radius 1 is 1.13 bits per heavy atom. The van der Waals surface area contributed by atoms with Crippen molar-refractivity contribution in [3.8, 4) is 0 Å². The number of nitrogens with one attached hydrogen (secondary N) is 1. The molecule has 2 rings (SSSR count). The van der Waals surface area contributed by atoms with Crippen LogP contribution in [0.5, 0.6) is 0 Å². The fraction of sp³-hybridized carbons (Fsp3) is 0.0714. The highest BCUT2D eigenvalue weighted by molar-refractivity contribution is 8.00. The van der Waals surface area contributed by atoms with E-state index in [9.17, 15) is 14.9 Å². The molecule has 2 aromatic carbocycles. The van der Waals surface area contributed by atoms with Crippen LogP contribution in [0, 0.1) is 10.1 Å². The molecule has 0 atom stereocenters. The van der Waals surface area contributed by atoms with Gasteiger partial charge in [0.25, 0.3) is 5.69 Å². The Labute approximate surface area is 151 Å². The number of nitro benzene ring substituents is 1. The SMILES string of the molecule is O=C(CSc1cc(Cl)ccc1Cl)Nc1cc(Cl)ccc1[N+](=O)[O-]. The van der Waals surface area contributed by atoms with Gasteiger partial charge in [0.15, 0.2) is 0 Å². The van der Waals surface area contributed by atoms with E-state index in [-0.39, 0.29) is 22.2 Å². The standard InChI is InChI=1S/C14H9Cl3N2O3S/c15-8-2-4-12(19(21)22)11(5-8)18-14(20)7-23-13-6-9(16)1-3-10(13)17/h1-6H,7H2,(H,18,20). The summed E-state index contributed by atoms with van der Waals surface area (Å²) in [5.41, 5.74) is -0.182. The molecule has 0 bridgehead atoms. The van der Waals surface area contributed by atoms with Crippen molar-refractivity contribution in [3.05, 3.63) is 61.6 Å². The van der Waals surface area contributed by atoms with Crippen molar-refractivity contribution in [2.75, 3.05) is 11.1 Å². The van der Waals surface area contributed by atoms with Gasteiger partial charge in [-0.3, -0.25) is 14.9 Å². The van der Waals surface area contributed by atoms with E-state index in [0.29, 0.717) is 14.9 Å². The van der Waals surface area contributed by atoms with Crippen LogP contribution in [0.1, 0.15) is 0 Å². The molecule has 23 heavy (non-hydrogen) atoms. The molecule has 2 aromatic rings.